The molecule has 2 nitrogen and oxygen atoms in total. The minimum atomic E-state index is 0.622. The Hall–Kier alpha value is -0.730. The lowest BCUT2D eigenvalue weighted by molar-refractivity contribution is 0.399. The van der Waals surface area contributed by atoms with E-state index in [-0.39, 0.29) is 0 Å². The molecule has 0 amide bonds. The predicted octanol–water partition coefficient (Wildman–Crippen LogP) is 3.55. The number of halogens is 1. The highest BCUT2D eigenvalue weighted by molar-refractivity contribution is 6.30. The van der Waals surface area contributed by atoms with Crippen LogP contribution in [-0.2, 0) is 0 Å². The first kappa shape index (κ1) is 13.7. The molecule has 3 heteroatoms. The molecule has 1 aliphatic heterocycles. The number of hydrogen-bond donors (Lipinski definition) is 1. The summed E-state index contributed by atoms with van der Waals surface area (Å²) in [5.74, 6) is 0.718. The van der Waals surface area contributed by atoms with Gasteiger partial charge in [0.1, 0.15) is 0 Å². The third-order valence-electron chi connectivity index (χ3n) is 3.43. The molecule has 100 valence electrons. The van der Waals surface area contributed by atoms with E-state index in [1.165, 1.54) is 18.5 Å². The van der Waals surface area contributed by atoms with Crippen LogP contribution in [0.2, 0.25) is 5.02 Å². The Morgan fingerprint density at radius 1 is 1.33 bits per heavy atom. The van der Waals surface area contributed by atoms with Gasteiger partial charge in [-0.15, -0.1) is 0 Å². The molecule has 1 aliphatic rings. The third kappa shape index (κ3) is 3.89. The zero-order valence-corrected chi connectivity index (χ0v) is 12.1. The molecule has 0 saturated carbocycles. The smallest absolute Gasteiger partial charge is 0.0407 e. The van der Waals surface area contributed by atoms with E-state index >= 15 is 0 Å². The summed E-state index contributed by atoms with van der Waals surface area (Å²) in [6.07, 6.45) is 2.55. The van der Waals surface area contributed by atoms with Gasteiger partial charge >= 0.3 is 0 Å². The van der Waals surface area contributed by atoms with Crippen molar-refractivity contribution in [1.29, 1.82) is 0 Å². The molecule has 1 fully saturated rings. The average Bonchev–Trinajstić information content (AvgIpc) is 2.37. The van der Waals surface area contributed by atoms with Crippen LogP contribution in [0.3, 0.4) is 0 Å². The van der Waals surface area contributed by atoms with Crippen LogP contribution < -0.4 is 10.2 Å². The highest BCUT2D eigenvalue weighted by atomic mass is 35.5. The monoisotopic (exact) mass is 266 g/mol. The van der Waals surface area contributed by atoms with Crippen molar-refractivity contribution in [2.75, 3.05) is 24.5 Å². The minimum absolute atomic E-state index is 0.622. The Balaban J connectivity index is 1.91. The quantitative estimate of drug-likeness (QED) is 0.897. The molecule has 0 radical (unpaired) electrons. The molecule has 0 aromatic heterocycles. The molecule has 18 heavy (non-hydrogen) atoms. The van der Waals surface area contributed by atoms with Crippen molar-refractivity contribution in [3.8, 4) is 0 Å². The van der Waals surface area contributed by atoms with Gasteiger partial charge in [0.15, 0.2) is 0 Å². The van der Waals surface area contributed by atoms with Crippen molar-refractivity contribution >= 4 is 17.3 Å². The lowest BCUT2D eigenvalue weighted by Crippen LogP contribution is -2.46. The van der Waals surface area contributed by atoms with Crippen LogP contribution in [0.15, 0.2) is 24.3 Å². The number of piperidine rings is 1. The summed E-state index contributed by atoms with van der Waals surface area (Å²) >= 11 is 5.93. The van der Waals surface area contributed by atoms with Crippen LogP contribution in [0.5, 0.6) is 0 Å². The van der Waals surface area contributed by atoms with Crippen LogP contribution >= 0.6 is 11.6 Å². The molecule has 1 aromatic carbocycles. The molecule has 0 aliphatic carbocycles. The molecule has 1 saturated heterocycles. The number of benzene rings is 1. The topological polar surface area (TPSA) is 15.3 Å². The summed E-state index contributed by atoms with van der Waals surface area (Å²) < 4.78 is 0. The summed E-state index contributed by atoms with van der Waals surface area (Å²) in [6, 6.07) is 8.81. The maximum Gasteiger partial charge on any atom is 0.0407 e. The first-order chi connectivity index (χ1) is 8.65. The van der Waals surface area contributed by atoms with Gasteiger partial charge < -0.3 is 10.2 Å². The van der Waals surface area contributed by atoms with Crippen LogP contribution in [0.4, 0.5) is 5.69 Å². The molecule has 1 aromatic rings. The number of rotatable bonds is 4. The average molecular weight is 267 g/mol. The maximum absolute atomic E-state index is 5.93. The van der Waals surface area contributed by atoms with E-state index in [1.807, 2.05) is 12.1 Å². The molecule has 1 atom stereocenters. The van der Waals surface area contributed by atoms with Crippen molar-refractivity contribution in [2.45, 2.75) is 32.7 Å². The fourth-order valence-electron chi connectivity index (χ4n) is 2.43. The van der Waals surface area contributed by atoms with E-state index in [0.29, 0.717) is 6.04 Å². The molecule has 1 heterocycles. The Labute approximate surface area is 115 Å². The van der Waals surface area contributed by atoms with E-state index in [9.17, 15) is 0 Å². The Morgan fingerprint density at radius 3 is 2.72 bits per heavy atom. The highest BCUT2D eigenvalue weighted by Crippen LogP contribution is 2.22. The van der Waals surface area contributed by atoms with Gasteiger partial charge in [0.05, 0.1) is 0 Å². The van der Waals surface area contributed by atoms with Gasteiger partial charge in [0.2, 0.25) is 0 Å². The van der Waals surface area contributed by atoms with Gasteiger partial charge in [0, 0.05) is 29.8 Å². The first-order valence-electron chi connectivity index (χ1n) is 6.89. The van der Waals surface area contributed by atoms with Crippen LogP contribution in [-0.4, -0.2) is 25.7 Å². The summed E-state index contributed by atoms with van der Waals surface area (Å²) in [5.41, 5.74) is 1.29. The molecule has 1 N–H and O–H groups in total. The Bertz CT molecular complexity index is 361. The maximum atomic E-state index is 5.93. The van der Waals surface area contributed by atoms with E-state index in [1.54, 1.807) is 0 Å². The van der Waals surface area contributed by atoms with Gasteiger partial charge in [-0.3, -0.25) is 0 Å². The molecule has 2 rings (SSSR count). The summed E-state index contributed by atoms with van der Waals surface area (Å²) in [6.45, 7) is 7.88. The molecular formula is C15H23ClN2. The minimum Gasteiger partial charge on any atom is -0.370 e. The van der Waals surface area contributed by atoms with Crippen LogP contribution in [0.1, 0.15) is 26.7 Å². The fourth-order valence-corrected chi connectivity index (χ4v) is 2.56. The largest absolute Gasteiger partial charge is 0.370 e. The number of nitrogens with one attached hydrogen (secondary N) is 1. The van der Waals surface area contributed by atoms with E-state index < -0.39 is 0 Å². The number of nitrogens with zero attached hydrogens (tertiary/aromatic N) is 1. The van der Waals surface area contributed by atoms with Gasteiger partial charge in [-0.2, -0.15) is 0 Å². The lowest BCUT2D eigenvalue weighted by Gasteiger charge is -2.35. The highest BCUT2D eigenvalue weighted by Gasteiger charge is 2.19. The van der Waals surface area contributed by atoms with Crippen molar-refractivity contribution in [3.05, 3.63) is 29.3 Å². The van der Waals surface area contributed by atoms with Crippen molar-refractivity contribution in [1.82, 2.24) is 5.32 Å². The second kappa shape index (κ2) is 6.44. The summed E-state index contributed by atoms with van der Waals surface area (Å²) in [4.78, 5) is 2.46. The van der Waals surface area contributed by atoms with Crippen molar-refractivity contribution in [2.24, 2.45) is 5.92 Å². The summed E-state index contributed by atoms with van der Waals surface area (Å²) in [5, 5.41) is 4.47. The molecule has 0 spiro atoms. The second-order valence-electron chi connectivity index (χ2n) is 5.56. The molecular weight excluding hydrogens is 244 g/mol. The number of hydrogen-bond acceptors (Lipinski definition) is 2. The van der Waals surface area contributed by atoms with Crippen molar-refractivity contribution in [3.63, 3.8) is 0 Å². The normalized spacial score (nSPS) is 20.4. The van der Waals surface area contributed by atoms with Gasteiger partial charge in [-0.1, -0.05) is 25.4 Å². The van der Waals surface area contributed by atoms with E-state index in [2.05, 4.69) is 36.2 Å². The standard InChI is InChI=1S/C15H23ClN2/c1-12(2)10-17-14-4-3-9-18(11-14)15-7-5-13(16)6-8-15/h5-8,12,14,17H,3-4,9-11H2,1-2H3. The second-order valence-corrected chi connectivity index (χ2v) is 6.00. The van der Waals surface area contributed by atoms with Crippen LogP contribution in [0, 0.1) is 5.92 Å². The Kier molecular flexibility index (Phi) is 4.90. The lowest BCUT2D eigenvalue weighted by atomic mass is 10.0. The first-order valence-corrected chi connectivity index (χ1v) is 7.27. The van der Waals surface area contributed by atoms with E-state index in [0.717, 1.165) is 30.6 Å². The number of anilines is 1. The zero-order valence-electron chi connectivity index (χ0n) is 11.3. The zero-order chi connectivity index (χ0) is 13.0. The van der Waals surface area contributed by atoms with Gasteiger partial charge in [0.25, 0.3) is 0 Å². The molecule has 1 unspecified atom stereocenters. The fraction of sp³-hybridized carbons (Fsp3) is 0.600. The van der Waals surface area contributed by atoms with Crippen LogP contribution in [0.25, 0.3) is 0 Å². The SMILES string of the molecule is CC(C)CNC1CCCN(c2ccc(Cl)cc2)C1. The third-order valence-corrected chi connectivity index (χ3v) is 3.68. The Morgan fingerprint density at radius 2 is 2.06 bits per heavy atom. The van der Waals surface area contributed by atoms with E-state index in [4.69, 9.17) is 11.6 Å². The van der Waals surface area contributed by atoms with Crippen molar-refractivity contribution < 1.29 is 0 Å². The predicted molar refractivity (Wildman–Crippen MR) is 79.5 cm³/mol. The van der Waals surface area contributed by atoms with Gasteiger partial charge in [-0.05, 0) is 49.6 Å². The van der Waals surface area contributed by atoms with Gasteiger partial charge in [-0.25, -0.2) is 0 Å². The summed E-state index contributed by atoms with van der Waals surface area (Å²) in [7, 11) is 0. The molecule has 0 bridgehead atoms.